The van der Waals surface area contributed by atoms with Crippen molar-refractivity contribution in [3.05, 3.63) is 18.2 Å². The van der Waals surface area contributed by atoms with Crippen molar-refractivity contribution in [2.24, 2.45) is 5.73 Å². The second kappa shape index (κ2) is 7.34. The number of rotatable bonds is 7. The fraction of sp³-hybridized carbons (Fsp3) is 0.636. The fourth-order valence-corrected chi connectivity index (χ4v) is 1.98. The van der Waals surface area contributed by atoms with Crippen molar-refractivity contribution in [2.45, 2.75) is 31.8 Å². The molecule has 1 rings (SSSR count). The van der Waals surface area contributed by atoms with Gasteiger partial charge in [0.2, 0.25) is 5.91 Å². The molecule has 1 heterocycles. The molecule has 0 fully saturated rings. The summed E-state index contributed by atoms with van der Waals surface area (Å²) in [5.41, 5.74) is 5.80. The number of H-pyrrole nitrogens is 1. The maximum atomic E-state index is 11.8. The molecule has 1 aromatic heterocycles. The average Bonchev–Trinajstić information content (AvgIpc) is 2.86. The SMILES string of the molecule is CCC(NC(=O)[C@H](N)CCSC)c1ncc[nH]1. The summed E-state index contributed by atoms with van der Waals surface area (Å²) < 4.78 is 0. The van der Waals surface area contributed by atoms with E-state index in [1.165, 1.54) is 0 Å². The van der Waals surface area contributed by atoms with Crippen LogP contribution in [0.5, 0.6) is 0 Å². The van der Waals surface area contributed by atoms with Crippen molar-refractivity contribution in [3.8, 4) is 0 Å². The van der Waals surface area contributed by atoms with Crippen LogP contribution in [0.1, 0.15) is 31.6 Å². The van der Waals surface area contributed by atoms with E-state index in [-0.39, 0.29) is 11.9 Å². The molecular weight excluding hydrogens is 236 g/mol. The molecular formula is C11H20N4OS. The minimum absolute atomic E-state index is 0.0853. The number of nitrogens with one attached hydrogen (secondary N) is 2. The van der Waals surface area contributed by atoms with Crippen molar-refractivity contribution in [1.29, 1.82) is 0 Å². The van der Waals surface area contributed by atoms with Crippen LogP contribution in [0.15, 0.2) is 12.4 Å². The van der Waals surface area contributed by atoms with E-state index in [1.807, 2.05) is 13.2 Å². The van der Waals surface area contributed by atoms with Gasteiger partial charge in [0.25, 0.3) is 0 Å². The summed E-state index contributed by atoms with van der Waals surface area (Å²) in [5.74, 6) is 1.56. The van der Waals surface area contributed by atoms with Gasteiger partial charge in [0.05, 0.1) is 12.1 Å². The molecule has 0 aliphatic rings. The monoisotopic (exact) mass is 256 g/mol. The lowest BCUT2D eigenvalue weighted by molar-refractivity contribution is -0.123. The number of amides is 1. The maximum Gasteiger partial charge on any atom is 0.237 e. The number of thioether (sulfide) groups is 1. The topological polar surface area (TPSA) is 83.8 Å². The second-order valence-corrected chi connectivity index (χ2v) is 4.82. The third-order valence-corrected chi connectivity index (χ3v) is 3.19. The van der Waals surface area contributed by atoms with Gasteiger partial charge in [0, 0.05) is 12.4 Å². The first-order valence-electron chi connectivity index (χ1n) is 5.73. The maximum absolute atomic E-state index is 11.8. The van der Waals surface area contributed by atoms with Crippen LogP contribution in [0, 0.1) is 0 Å². The molecule has 0 bridgehead atoms. The van der Waals surface area contributed by atoms with Gasteiger partial charge in [-0.15, -0.1) is 0 Å². The van der Waals surface area contributed by atoms with Gasteiger partial charge in [0.1, 0.15) is 5.82 Å². The van der Waals surface area contributed by atoms with Gasteiger partial charge < -0.3 is 16.0 Å². The summed E-state index contributed by atoms with van der Waals surface area (Å²) in [7, 11) is 0. The largest absolute Gasteiger partial charge is 0.347 e. The van der Waals surface area contributed by atoms with E-state index in [2.05, 4.69) is 15.3 Å². The first kappa shape index (κ1) is 14.1. The molecule has 1 amide bonds. The zero-order chi connectivity index (χ0) is 12.7. The van der Waals surface area contributed by atoms with Crippen LogP contribution in [0.2, 0.25) is 0 Å². The Morgan fingerprint density at radius 3 is 3.00 bits per heavy atom. The average molecular weight is 256 g/mol. The highest BCUT2D eigenvalue weighted by molar-refractivity contribution is 7.98. The number of hydrogen-bond donors (Lipinski definition) is 3. The number of hydrogen-bond acceptors (Lipinski definition) is 4. The number of aromatic amines is 1. The van der Waals surface area contributed by atoms with Crippen LogP contribution in [0.4, 0.5) is 0 Å². The lowest BCUT2D eigenvalue weighted by atomic mass is 10.1. The summed E-state index contributed by atoms with van der Waals surface area (Å²) in [5, 5.41) is 2.91. The molecule has 0 aliphatic carbocycles. The molecule has 17 heavy (non-hydrogen) atoms. The molecule has 1 unspecified atom stereocenters. The first-order valence-corrected chi connectivity index (χ1v) is 7.12. The van der Waals surface area contributed by atoms with Gasteiger partial charge in [-0.1, -0.05) is 6.92 Å². The van der Waals surface area contributed by atoms with E-state index in [9.17, 15) is 4.79 Å². The highest BCUT2D eigenvalue weighted by Crippen LogP contribution is 2.11. The summed E-state index contributed by atoms with van der Waals surface area (Å²) in [6.07, 6.45) is 6.91. The highest BCUT2D eigenvalue weighted by atomic mass is 32.2. The van der Waals surface area contributed by atoms with Crippen LogP contribution in [0.3, 0.4) is 0 Å². The number of imidazole rings is 1. The molecule has 5 nitrogen and oxygen atoms in total. The minimum Gasteiger partial charge on any atom is -0.347 e. The molecule has 2 atom stereocenters. The predicted molar refractivity (Wildman–Crippen MR) is 70.7 cm³/mol. The summed E-state index contributed by atoms with van der Waals surface area (Å²) in [6.45, 7) is 2.00. The molecule has 0 spiro atoms. The van der Waals surface area contributed by atoms with E-state index < -0.39 is 6.04 Å². The Kier molecular flexibility index (Phi) is 6.07. The lowest BCUT2D eigenvalue weighted by Gasteiger charge is -2.17. The fourth-order valence-electron chi connectivity index (χ4n) is 1.49. The molecule has 0 aromatic carbocycles. The lowest BCUT2D eigenvalue weighted by Crippen LogP contribution is -2.42. The molecule has 6 heteroatoms. The smallest absolute Gasteiger partial charge is 0.237 e. The van der Waals surface area contributed by atoms with Gasteiger partial charge >= 0.3 is 0 Å². The van der Waals surface area contributed by atoms with E-state index >= 15 is 0 Å². The van der Waals surface area contributed by atoms with Gasteiger partial charge in [-0.25, -0.2) is 4.98 Å². The highest BCUT2D eigenvalue weighted by Gasteiger charge is 2.19. The quantitative estimate of drug-likeness (QED) is 0.681. The second-order valence-electron chi connectivity index (χ2n) is 3.83. The first-order chi connectivity index (χ1) is 8.19. The van der Waals surface area contributed by atoms with Crippen molar-refractivity contribution < 1.29 is 4.79 Å². The molecule has 4 N–H and O–H groups in total. The van der Waals surface area contributed by atoms with Crippen molar-refractivity contribution in [3.63, 3.8) is 0 Å². The molecule has 0 saturated carbocycles. The third-order valence-electron chi connectivity index (χ3n) is 2.54. The number of carbonyl (C=O) groups is 1. The van der Waals surface area contributed by atoms with E-state index in [0.717, 1.165) is 18.0 Å². The van der Waals surface area contributed by atoms with Crippen molar-refractivity contribution in [1.82, 2.24) is 15.3 Å². The Balaban J connectivity index is 2.48. The molecule has 96 valence electrons. The number of aromatic nitrogens is 2. The molecule has 0 aliphatic heterocycles. The van der Waals surface area contributed by atoms with Crippen LogP contribution >= 0.6 is 11.8 Å². The Morgan fingerprint density at radius 2 is 2.47 bits per heavy atom. The Morgan fingerprint density at radius 1 is 1.71 bits per heavy atom. The van der Waals surface area contributed by atoms with E-state index in [0.29, 0.717) is 6.42 Å². The zero-order valence-electron chi connectivity index (χ0n) is 10.3. The summed E-state index contributed by atoms with van der Waals surface area (Å²) in [4.78, 5) is 19.0. The van der Waals surface area contributed by atoms with Crippen LogP contribution in [0.25, 0.3) is 0 Å². The van der Waals surface area contributed by atoms with Crippen LogP contribution in [-0.2, 0) is 4.79 Å². The van der Waals surface area contributed by atoms with E-state index in [1.54, 1.807) is 24.2 Å². The summed E-state index contributed by atoms with van der Waals surface area (Å²) >= 11 is 1.69. The molecule has 1 aromatic rings. The van der Waals surface area contributed by atoms with Gasteiger partial charge in [-0.2, -0.15) is 11.8 Å². The van der Waals surface area contributed by atoms with Gasteiger partial charge in [-0.3, -0.25) is 4.79 Å². The van der Waals surface area contributed by atoms with Gasteiger partial charge in [0.15, 0.2) is 0 Å². The molecule has 0 saturated heterocycles. The number of nitrogens with zero attached hydrogens (tertiary/aromatic N) is 1. The molecule has 0 radical (unpaired) electrons. The van der Waals surface area contributed by atoms with Gasteiger partial charge in [-0.05, 0) is 24.9 Å². The Hall–Kier alpha value is -1.01. The predicted octanol–water partition coefficient (Wildman–Crippen LogP) is 1.06. The Labute approximate surface area is 106 Å². The third kappa shape index (κ3) is 4.40. The van der Waals surface area contributed by atoms with E-state index in [4.69, 9.17) is 5.73 Å². The Bertz CT molecular complexity index is 328. The number of carbonyl (C=O) groups excluding carboxylic acids is 1. The van der Waals surface area contributed by atoms with Crippen LogP contribution in [-0.4, -0.2) is 33.9 Å². The standard InChI is InChI=1S/C11H20N4OS/c1-3-9(10-13-5-6-14-10)15-11(16)8(12)4-7-17-2/h5-6,8-9H,3-4,7,12H2,1-2H3,(H,13,14)(H,15,16)/t8-,9?/m1/s1. The minimum atomic E-state index is -0.438. The normalized spacial score (nSPS) is 14.3. The van der Waals surface area contributed by atoms with Crippen molar-refractivity contribution in [2.75, 3.05) is 12.0 Å². The van der Waals surface area contributed by atoms with Crippen molar-refractivity contribution >= 4 is 17.7 Å². The van der Waals surface area contributed by atoms with Crippen LogP contribution < -0.4 is 11.1 Å². The number of nitrogens with two attached hydrogens (primary N) is 1. The summed E-state index contributed by atoms with van der Waals surface area (Å²) in [6, 6.07) is -0.524. The zero-order valence-corrected chi connectivity index (χ0v) is 11.1.